The van der Waals surface area contributed by atoms with Gasteiger partial charge in [-0.2, -0.15) is 5.10 Å². The largest absolute Gasteiger partial charge is 0.478 e. The number of pyridine rings is 1. The molecule has 3 aromatic rings. The van der Waals surface area contributed by atoms with E-state index in [9.17, 15) is 9.90 Å². The van der Waals surface area contributed by atoms with Crippen LogP contribution in [0, 0.1) is 6.92 Å². The molecule has 0 bridgehead atoms. The van der Waals surface area contributed by atoms with Crippen LogP contribution >= 0.6 is 0 Å². The zero-order valence-corrected chi connectivity index (χ0v) is 11.5. The minimum absolute atomic E-state index is 0.0955. The van der Waals surface area contributed by atoms with E-state index in [0.29, 0.717) is 34.7 Å². The van der Waals surface area contributed by atoms with Crippen molar-refractivity contribution in [2.45, 2.75) is 13.5 Å². The predicted octanol–water partition coefficient (Wildman–Crippen LogP) is 1.58. The lowest BCUT2D eigenvalue weighted by Crippen LogP contribution is -2.08. The molecule has 0 radical (unpaired) electrons. The van der Waals surface area contributed by atoms with Crippen LogP contribution in [-0.2, 0) is 13.6 Å². The highest BCUT2D eigenvalue weighted by Gasteiger charge is 2.19. The highest BCUT2D eigenvalue weighted by atomic mass is 16.5. The summed E-state index contributed by atoms with van der Waals surface area (Å²) in [6.07, 6.45) is 2.86. The molecule has 8 heteroatoms. The third-order valence-corrected chi connectivity index (χ3v) is 3.19. The maximum Gasteiger partial charge on any atom is 0.339 e. The van der Waals surface area contributed by atoms with Gasteiger partial charge in [0.05, 0.1) is 29.5 Å². The van der Waals surface area contributed by atoms with E-state index in [2.05, 4.69) is 20.6 Å². The van der Waals surface area contributed by atoms with E-state index in [1.165, 1.54) is 12.4 Å². The lowest BCUT2D eigenvalue weighted by Gasteiger charge is -2.09. The average molecular weight is 287 g/mol. The Balaban J connectivity index is 2.12. The number of carbonyl (C=O) groups is 1. The highest BCUT2D eigenvalue weighted by Crippen LogP contribution is 2.28. The third-order valence-electron chi connectivity index (χ3n) is 3.19. The Morgan fingerprint density at radius 3 is 3.00 bits per heavy atom. The van der Waals surface area contributed by atoms with Crippen molar-refractivity contribution in [1.29, 1.82) is 0 Å². The molecule has 0 aromatic carbocycles. The number of rotatable bonds is 4. The number of aryl methyl sites for hydroxylation is 2. The van der Waals surface area contributed by atoms with Crippen LogP contribution < -0.4 is 5.32 Å². The van der Waals surface area contributed by atoms with E-state index in [1.54, 1.807) is 17.8 Å². The Morgan fingerprint density at radius 2 is 2.33 bits per heavy atom. The van der Waals surface area contributed by atoms with Gasteiger partial charge in [0.25, 0.3) is 0 Å². The van der Waals surface area contributed by atoms with Crippen LogP contribution in [-0.4, -0.2) is 31.0 Å². The topological polar surface area (TPSA) is 106 Å². The highest BCUT2D eigenvalue weighted by molar-refractivity contribution is 6.04. The van der Waals surface area contributed by atoms with Crippen LogP contribution in [0.2, 0.25) is 0 Å². The van der Waals surface area contributed by atoms with Gasteiger partial charge in [0, 0.05) is 19.3 Å². The van der Waals surface area contributed by atoms with Crippen molar-refractivity contribution in [3.05, 3.63) is 35.5 Å². The van der Waals surface area contributed by atoms with Gasteiger partial charge in [-0.3, -0.25) is 4.68 Å². The van der Waals surface area contributed by atoms with E-state index in [1.807, 2.05) is 6.92 Å². The van der Waals surface area contributed by atoms with Crippen molar-refractivity contribution in [2.24, 2.45) is 7.05 Å². The zero-order chi connectivity index (χ0) is 15.0. The Labute approximate surface area is 119 Å². The molecule has 0 saturated carbocycles. The summed E-state index contributed by atoms with van der Waals surface area (Å²) < 4.78 is 6.63. The molecule has 3 rings (SSSR count). The number of aromatic carboxylic acids is 1. The van der Waals surface area contributed by atoms with E-state index in [4.69, 9.17) is 4.52 Å². The van der Waals surface area contributed by atoms with Crippen molar-refractivity contribution in [2.75, 3.05) is 5.32 Å². The van der Waals surface area contributed by atoms with Gasteiger partial charge in [0.15, 0.2) is 11.4 Å². The molecule has 0 atom stereocenters. The Kier molecular flexibility index (Phi) is 3.05. The molecule has 3 aromatic heterocycles. The number of fused-ring (bicyclic) bond motifs is 1. The fourth-order valence-electron chi connectivity index (χ4n) is 2.27. The van der Waals surface area contributed by atoms with Crippen LogP contribution in [0.3, 0.4) is 0 Å². The molecule has 0 saturated heterocycles. The quantitative estimate of drug-likeness (QED) is 0.750. The van der Waals surface area contributed by atoms with Crippen molar-refractivity contribution in [3.63, 3.8) is 0 Å². The molecule has 21 heavy (non-hydrogen) atoms. The fourth-order valence-corrected chi connectivity index (χ4v) is 2.27. The summed E-state index contributed by atoms with van der Waals surface area (Å²) in [6.45, 7) is 2.14. The van der Waals surface area contributed by atoms with Crippen LogP contribution in [0.4, 0.5) is 5.69 Å². The van der Waals surface area contributed by atoms with E-state index in [0.717, 1.165) is 0 Å². The van der Waals surface area contributed by atoms with Gasteiger partial charge in [-0.15, -0.1) is 0 Å². The summed E-state index contributed by atoms with van der Waals surface area (Å²) in [4.78, 5) is 15.6. The van der Waals surface area contributed by atoms with Crippen LogP contribution in [0.1, 0.15) is 21.8 Å². The SMILES string of the molecule is Cc1nn(C)c2ncc(C(=O)O)c(NCc3ccno3)c12. The van der Waals surface area contributed by atoms with Crippen molar-refractivity contribution in [3.8, 4) is 0 Å². The second-order valence-corrected chi connectivity index (χ2v) is 4.59. The van der Waals surface area contributed by atoms with E-state index in [-0.39, 0.29) is 5.56 Å². The number of hydrogen-bond acceptors (Lipinski definition) is 6. The van der Waals surface area contributed by atoms with Gasteiger partial charge in [-0.25, -0.2) is 9.78 Å². The molecule has 0 aliphatic heterocycles. The maximum atomic E-state index is 11.4. The van der Waals surface area contributed by atoms with Gasteiger partial charge >= 0.3 is 5.97 Å². The van der Waals surface area contributed by atoms with Gasteiger partial charge in [-0.1, -0.05) is 5.16 Å². The molecular weight excluding hydrogens is 274 g/mol. The summed E-state index contributed by atoms with van der Waals surface area (Å²) in [5, 5.41) is 21.0. The summed E-state index contributed by atoms with van der Waals surface area (Å²) in [7, 11) is 1.77. The Bertz CT molecular complexity index is 807. The molecule has 0 amide bonds. The molecule has 108 valence electrons. The number of nitrogens with zero attached hydrogens (tertiary/aromatic N) is 4. The monoisotopic (exact) mass is 287 g/mol. The minimum atomic E-state index is -1.05. The van der Waals surface area contributed by atoms with E-state index < -0.39 is 5.97 Å². The molecule has 0 aliphatic rings. The van der Waals surface area contributed by atoms with Crippen LogP contribution in [0.15, 0.2) is 23.0 Å². The van der Waals surface area contributed by atoms with E-state index >= 15 is 0 Å². The summed E-state index contributed by atoms with van der Waals surface area (Å²) in [5.74, 6) is -0.439. The van der Waals surface area contributed by atoms with Crippen molar-refractivity contribution < 1.29 is 14.4 Å². The number of aromatic nitrogens is 4. The first-order chi connectivity index (χ1) is 10.1. The summed E-state index contributed by atoms with van der Waals surface area (Å²) in [6, 6.07) is 1.71. The number of carboxylic acids is 1. The van der Waals surface area contributed by atoms with Crippen molar-refractivity contribution >= 4 is 22.7 Å². The molecule has 3 heterocycles. The molecule has 0 aliphatic carbocycles. The molecule has 8 nitrogen and oxygen atoms in total. The molecule has 0 fully saturated rings. The lowest BCUT2D eigenvalue weighted by atomic mass is 10.1. The first-order valence-corrected chi connectivity index (χ1v) is 6.27. The summed E-state index contributed by atoms with van der Waals surface area (Å²) >= 11 is 0. The lowest BCUT2D eigenvalue weighted by molar-refractivity contribution is 0.0697. The van der Waals surface area contributed by atoms with Crippen LogP contribution in [0.5, 0.6) is 0 Å². The number of nitrogens with one attached hydrogen (secondary N) is 1. The fraction of sp³-hybridized carbons (Fsp3) is 0.231. The number of anilines is 1. The molecular formula is C13H13N5O3. The standard InChI is InChI=1S/C13H13N5O3/c1-7-10-11(14-5-8-3-4-16-21-8)9(13(19)20)6-15-12(10)18(2)17-7/h3-4,6H,5H2,1-2H3,(H,14,15)(H,19,20). The maximum absolute atomic E-state index is 11.4. The first-order valence-electron chi connectivity index (χ1n) is 6.27. The third kappa shape index (κ3) is 2.20. The second-order valence-electron chi connectivity index (χ2n) is 4.59. The summed E-state index contributed by atoms with van der Waals surface area (Å²) in [5.41, 5.74) is 1.91. The number of carboxylic acid groups (broad SMARTS) is 1. The predicted molar refractivity (Wildman–Crippen MR) is 74.0 cm³/mol. The van der Waals surface area contributed by atoms with Gasteiger partial charge in [0.1, 0.15) is 5.56 Å². The Hall–Kier alpha value is -2.90. The minimum Gasteiger partial charge on any atom is -0.478 e. The molecule has 2 N–H and O–H groups in total. The smallest absolute Gasteiger partial charge is 0.339 e. The Morgan fingerprint density at radius 1 is 1.52 bits per heavy atom. The molecule has 0 spiro atoms. The van der Waals surface area contributed by atoms with Gasteiger partial charge < -0.3 is 14.9 Å². The van der Waals surface area contributed by atoms with Gasteiger partial charge in [-0.05, 0) is 6.92 Å². The normalized spacial score (nSPS) is 11.0. The van der Waals surface area contributed by atoms with Crippen LogP contribution in [0.25, 0.3) is 11.0 Å². The van der Waals surface area contributed by atoms with Crippen molar-refractivity contribution in [1.82, 2.24) is 19.9 Å². The first kappa shape index (κ1) is 13.1. The van der Waals surface area contributed by atoms with Gasteiger partial charge in [0.2, 0.25) is 0 Å². The molecule has 0 unspecified atom stereocenters. The second kappa shape index (κ2) is 4.89. The zero-order valence-electron chi connectivity index (χ0n) is 11.5. The average Bonchev–Trinajstić information content (AvgIpc) is 3.05. The number of hydrogen-bond donors (Lipinski definition) is 2.